The fourth-order valence-corrected chi connectivity index (χ4v) is 3.97. The van der Waals surface area contributed by atoms with E-state index in [0.717, 1.165) is 22.3 Å². The highest BCUT2D eigenvalue weighted by atomic mass is 16.5. The molecule has 1 unspecified atom stereocenters. The molecule has 0 fully saturated rings. The molecule has 1 aromatic heterocycles. The number of carbonyl (C=O) groups excluding carboxylic acids is 2. The molecule has 1 atom stereocenters. The molecule has 2 aromatic carbocycles. The van der Waals surface area contributed by atoms with E-state index in [1.807, 2.05) is 36.4 Å². The second-order valence-corrected chi connectivity index (χ2v) is 8.15. The number of fused-ring (bicyclic) bond motifs is 3. The smallest absolute Gasteiger partial charge is 0.412 e. The van der Waals surface area contributed by atoms with E-state index in [1.165, 1.54) is 6.07 Å². The number of nitrogens with zero attached hydrogens (tertiary/aromatic N) is 1. The zero-order valence-electron chi connectivity index (χ0n) is 18.2. The van der Waals surface area contributed by atoms with Crippen LogP contribution in [0.4, 0.5) is 10.6 Å². The molecular formula is C24H24N4O5. The van der Waals surface area contributed by atoms with Crippen LogP contribution in [0.5, 0.6) is 0 Å². The number of rotatable bonds is 7. The summed E-state index contributed by atoms with van der Waals surface area (Å²) in [6.45, 7) is 3.53. The minimum atomic E-state index is -1.13. The van der Waals surface area contributed by atoms with Crippen molar-refractivity contribution in [1.82, 2.24) is 15.5 Å². The number of anilines is 1. The van der Waals surface area contributed by atoms with Gasteiger partial charge in [-0.1, -0.05) is 62.4 Å². The first-order chi connectivity index (χ1) is 15.8. The van der Waals surface area contributed by atoms with Gasteiger partial charge < -0.3 is 15.2 Å². The maximum Gasteiger partial charge on any atom is 0.412 e. The molecule has 1 heterocycles. The quantitative estimate of drug-likeness (QED) is 0.436. The number of carbonyl (C=O) groups is 3. The molecular weight excluding hydrogens is 424 g/mol. The topological polar surface area (TPSA) is 133 Å². The van der Waals surface area contributed by atoms with Crippen LogP contribution in [-0.4, -0.2) is 45.9 Å². The van der Waals surface area contributed by atoms with Gasteiger partial charge in [-0.05, 0) is 28.2 Å². The van der Waals surface area contributed by atoms with E-state index in [-0.39, 0.29) is 30.0 Å². The molecule has 0 radical (unpaired) electrons. The van der Waals surface area contributed by atoms with E-state index in [0.29, 0.717) is 0 Å². The molecule has 1 aliphatic carbocycles. The Morgan fingerprint density at radius 2 is 1.67 bits per heavy atom. The number of aliphatic carboxylic acids is 1. The molecule has 9 nitrogen and oxygen atoms in total. The molecule has 0 bridgehead atoms. The van der Waals surface area contributed by atoms with Crippen molar-refractivity contribution in [3.63, 3.8) is 0 Å². The summed E-state index contributed by atoms with van der Waals surface area (Å²) in [6, 6.07) is 16.3. The van der Waals surface area contributed by atoms with Gasteiger partial charge in [-0.15, -0.1) is 0 Å². The number of aromatic amines is 1. The van der Waals surface area contributed by atoms with Gasteiger partial charge in [-0.2, -0.15) is 5.10 Å². The Labute approximate surface area is 190 Å². The number of benzene rings is 2. The molecule has 9 heteroatoms. The maximum atomic E-state index is 12.4. The van der Waals surface area contributed by atoms with Crippen LogP contribution in [0.1, 0.15) is 41.4 Å². The van der Waals surface area contributed by atoms with Crippen molar-refractivity contribution < 1.29 is 24.2 Å². The number of ether oxygens (including phenoxy) is 1. The first-order valence-corrected chi connectivity index (χ1v) is 10.6. The minimum absolute atomic E-state index is 0.0239. The van der Waals surface area contributed by atoms with E-state index in [9.17, 15) is 19.5 Å². The third-order valence-corrected chi connectivity index (χ3v) is 5.62. The second-order valence-electron chi connectivity index (χ2n) is 8.15. The Kier molecular flexibility index (Phi) is 6.12. The largest absolute Gasteiger partial charge is 0.480 e. The zero-order chi connectivity index (χ0) is 23.5. The Balaban J connectivity index is 1.37. The molecule has 2 amide bonds. The molecule has 3 aromatic rings. The molecule has 4 rings (SSSR count). The van der Waals surface area contributed by atoms with Crippen molar-refractivity contribution in [2.45, 2.75) is 25.8 Å². The third-order valence-electron chi connectivity index (χ3n) is 5.62. The molecule has 0 saturated carbocycles. The number of H-pyrrole nitrogens is 1. The Bertz CT molecular complexity index is 1160. The third kappa shape index (κ3) is 4.57. The molecule has 0 saturated heterocycles. The monoisotopic (exact) mass is 448 g/mol. The predicted molar refractivity (Wildman–Crippen MR) is 121 cm³/mol. The summed E-state index contributed by atoms with van der Waals surface area (Å²) in [5, 5.41) is 20.5. The number of carboxylic acids is 1. The SMILES string of the molecule is CC(C)C(NC(=O)c1cc(NC(=O)OCC2c3ccccc3-c3ccccc32)n[nH]1)C(=O)O. The van der Waals surface area contributed by atoms with Crippen LogP contribution in [0.25, 0.3) is 11.1 Å². The highest BCUT2D eigenvalue weighted by Gasteiger charge is 2.29. The molecule has 0 aliphatic heterocycles. The van der Waals surface area contributed by atoms with Crippen LogP contribution in [0, 0.1) is 5.92 Å². The van der Waals surface area contributed by atoms with E-state index in [2.05, 4.69) is 33.0 Å². The molecule has 4 N–H and O–H groups in total. The van der Waals surface area contributed by atoms with Gasteiger partial charge in [0.05, 0.1) is 0 Å². The van der Waals surface area contributed by atoms with Crippen LogP contribution in [-0.2, 0) is 9.53 Å². The Hall–Kier alpha value is -4.14. The van der Waals surface area contributed by atoms with Crippen molar-refractivity contribution in [2.75, 3.05) is 11.9 Å². The summed E-state index contributed by atoms with van der Waals surface area (Å²) in [7, 11) is 0. The summed E-state index contributed by atoms with van der Waals surface area (Å²) >= 11 is 0. The number of amides is 2. The summed E-state index contributed by atoms with van der Waals surface area (Å²) in [4.78, 5) is 35.9. The second kappa shape index (κ2) is 9.15. The highest BCUT2D eigenvalue weighted by Crippen LogP contribution is 2.44. The van der Waals surface area contributed by atoms with Crippen LogP contribution in [0.3, 0.4) is 0 Å². The first kappa shape index (κ1) is 22.1. The lowest BCUT2D eigenvalue weighted by Crippen LogP contribution is -2.44. The summed E-state index contributed by atoms with van der Waals surface area (Å²) in [5.41, 5.74) is 4.49. The van der Waals surface area contributed by atoms with Gasteiger partial charge in [-0.25, -0.2) is 9.59 Å². The van der Waals surface area contributed by atoms with Gasteiger partial charge in [-0.3, -0.25) is 15.2 Å². The zero-order valence-corrected chi connectivity index (χ0v) is 18.2. The molecule has 33 heavy (non-hydrogen) atoms. The predicted octanol–water partition coefficient (Wildman–Crippen LogP) is 3.61. The van der Waals surface area contributed by atoms with Crippen molar-refractivity contribution in [3.8, 4) is 11.1 Å². The first-order valence-electron chi connectivity index (χ1n) is 10.6. The van der Waals surface area contributed by atoms with Gasteiger partial charge in [0.25, 0.3) is 5.91 Å². The number of hydrogen-bond donors (Lipinski definition) is 4. The lowest BCUT2D eigenvalue weighted by atomic mass is 9.98. The fourth-order valence-electron chi connectivity index (χ4n) is 3.97. The standard InChI is InChI=1S/C24H24N4O5/c1-13(2)21(23(30)31)26-22(29)19-11-20(28-27-19)25-24(32)33-12-18-16-9-5-3-7-14(16)15-8-4-6-10-17(15)18/h3-11,13,18,21H,12H2,1-2H3,(H,26,29)(H,30,31)(H2,25,27,28,32). The lowest BCUT2D eigenvalue weighted by molar-refractivity contribution is -0.140. The number of aromatic nitrogens is 2. The van der Waals surface area contributed by atoms with Crippen LogP contribution in [0.2, 0.25) is 0 Å². The number of hydrogen-bond acceptors (Lipinski definition) is 5. The van der Waals surface area contributed by atoms with Gasteiger partial charge >= 0.3 is 12.1 Å². The van der Waals surface area contributed by atoms with Gasteiger partial charge in [0, 0.05) is 12.0 Å². The molecule has 1 aliphatic rings. The average molecular weight is 448 g/mol. The number of nitrogens with one attached hydrogen (secondary N) is 3. The van der Waals surface area contributed by atoms with E-state index >= 15 is 0 Å². The normalized spacial score (nSPS) is 13.2. The van der Waals surface area contributed by atoms with Gasteiger partial charge in [0.2, 0.25) is 0 Å². The molecule has 0 spiro atoms. The van der Waals surface area contributed by atoms with Gasteiger partial charge in [0.15, 0.2) is 5.82 Å². The number of carboxylic acid groups (broad SMARTS) is 1. The van der Waals surface area contributed by atoms with Crippen molar-refractivity contribution in [2.24, 2.45) is 5.92 Å². The lowest BCUT2D eigenvalue weighted by Gasteiger charge is -2.17. The highest BCUT2D eigenvalue weighted by molar-refractivity contribution is 5.96. The van der Waals surface area contributed by atoms with Crippen LogP contribution >= 0.6 is 0 Å². The van der Waals surface area contributed by atoms with Crippen molar-refractivity contribution in [3.05, 3.63) is 71.4 Å². The summed E-state index contributed by atoms with van der Waals surface area (Å²) < 4.78 is 5.46. The van der Waals surface area contributed by atoms with E-state index in [4.69, 9.17) is 4.74 Å². The van der Waals surface area contributed by atoms with E-state index < -0.39 is 24.0 Å². The summed E-state index contributed by atoms with van der Waals surface area (Å²) in [5.74, 6) is -2.05. The fraction of sp³-hybridized carbons (Fsp3) is 0.250. The van der Waals surface area contributed by atoms with Crippen molar-refractivity contribution in [1.29, 1.82) is 0 Å². The van der Waals surface area contributed by atoms with E-state index in [1.54, 1.807) is 13.8 Å². The molecule has 170 valence electrons. The van der Waals surface area contributed by atoms with Crippen LogP contribution < -0.4 is 10.6 Å². The van der Waals surface area contributed by atoms with Crippen LogP contribution in [0.15, 0.2) is 54.6 Å². The maximum absolute atomic E-state index is 12.4. The van der Waals surface area contributed by atoms with Crippen molar-refractivity contribution >= 4 is 23.8 Å². The minimum Gasteiger partial charge on any atom is -0.480 e. The average Bonchev–Trinajstić information content (AvgIpc) is 3.38. The van der Waals surface area contributed by atoms with Gasteiger partial charge in [0.1, 0.15) is 18.3 Å². The summed E-state index contributed by atoms with van der Waals surface area (Å²) in [6.07, 6.45) is -0.707. The Morgan fingerprint density at radius 1 is 1.06 bits per heavy atom. The Morgan fingerprint density at radius 3 is 2.24 bits per heavy atom.